The molecule has 1 N–H and O–H groups in total. The second-order valence-corrected chi connectivity index (χ2v) is 6.79. The van der Waals surface area contributed by atoms with E-state index in [-0.39, 0.29) is 17.6 Å². The first-order valence-corrected chi connectivity index (χ1v) is 8.23. The minimum Gasteiger partial charge on any atom is -0.337 e. The van der Waals surface area contributed by atoms with Crippen LogP contribution in [0.15, 0.2) is 24.3 Å². The van der Waals surface area contributed by atoms with Crippen LogP contribution in [-0.4, -0.2) is 23.0 Å². The lowest BCUT2D eigenvalue weighted by Crippen LogP contribution is -2.47. The predicted molar refractivity (Wildman–Crippen MR) is 82.3 cm³/mol. The zero-order chi connectivity index (χ0) is 15.3. The van der Waals surface area contributed by atoms with E-state index in [9.17, 15) is 14.4 Å². The van der Waals surface area contributed by atoms with Gasteiger partial charge in [-0.2, -0.15) is 17.0 Å². The molecule has 2 rings (SSSR count). The van der Waals surface area contributed by atoms with E-state index in [1.807, 2.05) is 13.0 Å². The van der Waals surface area contributed by atoms with Crippen molar-refractivity contribution in [2.75, 3.05) is 11.5 Å². The number of benzene rings is 1. The molecular formula is C16H19FN2OS. The molecule has 1 saturated heterocycles. The molecule has 1 aliphatic rings. The number of halogens is 1. The summed E-state index contributed by atoms with van der Waals surface area (Å²) in [5, 5.41) is 12.1. The molecule has 1 amide bonds. The number of amides is 1. The molecule has 0 radical (unpaired) electrons. The minimum absolute atomic E-state index is 0.0945. The quantitative estimate of drug-likeness (QED) is 0.910. The van der Waals surface area contributed by atoms with Crippen LogP contribution in [0.5, 0.6) is 0 Å². The van der Waals surface area contributed by atoms with Gasteiger partial charge in [0.1, 0.15) is 11.4 Å². The van der Waals surface area contributed by atoms with Crippen LogP contribution in [0.2, 0.25) is 0 Å². The van der Waals surface area contributed by atoms with Crippen LogP contribution in [0.3, 0.4) is 0 Å². The highest BCUT2D eigenvalue weighted by Crippen LogP contribution is 2.27. The van der Waals surface area contributed by atoms with Crippen molar-refractivity contribution >= 4 is 17.7 Å². The summed E-state index contributed by atoms with van der Waals surface area (Å²) in [7, 11) is 0. The van der Waals surface area contributed by atoms with Gasteiger partial charge in [-0.1, -0.05) is 19.1 Å². The van der Waals surface area contributed by atoms with E-state index in [1.54, 1.807) is 17.8 Å². The van der Waals surface area contributed by atoms with E-state index in [1.165, 1.54) is 12.1 Å². The topological polar surface area (TPSA) is 52.9 Å². The molecule has 0 saturated carbocycles. The number of hydrogen-bond donors (Lipinski definition) is 1. The molecule has 0 bridgehead atoms. The Morgan fingerprint density at radius 2 is 2.43 bits per heavy atom. The van der Waals surface area contributed by atoms with Gasteiger partial charge >= 0.3 is 0 Å². The average Bonchev–Trinajstić information content (AvgIpc) is 2.87. The third-order valence-electron chi connectivity index (χ3n) is 3.62. The van der Waals surface area contributed by atoms with Gasteiger partial charge in [0.25, 0.3) is 0 Å². The molecule has 1 aromatic rings. The van der Waals surface area contributed by atoms with E-state index < -0.39 is 5.54 Å². The highest BCUT2D eigenvalue weighted by atomic mass is 32.2. The molecule has 0 spiro atoms. The first kappa shape index (κ1) is 15.8. The first-order valence-electron chi connectivity index (χ1n) is 7.07. The van der Waals surface area contributed by atoms with E-state index in [0.717, 1.165) is 11.3 Å². The molecule has 3 nitrogen and oxygen atoms in total. The highest BCUT2D eigenvalue weighted by molar-refractivity contribution is 7.99. The monoisotopic (exact) mass is 306 g/mol. The number of nitriles is 1. The van der Waals surface area contributed by atoms with Gasteiger partial charge in [-0.25, -0.2) is 4.39 Å². The first-order chi connectivity index (χ1) is 10.0. The third-order valence-corrected chi connectivity index (χ3v) is 4.81. The Labute approximate surface area is 128 Å². The van der Waals surface area contributed by atoms with Crippen LogP contribution in [0.25, 0.3) is 0 Å². The van der Waals surface area contributed by atoms with E-state index in [2.05, 4.69) is 11.4 Å². The van der Waals surface area contributed by atoms with E-state index in [4.69, 9.17) is 0 Å². The number of thioether (sulfide) groups is 1. The second kappa shape index (κ2) is 6.95. The van der Waals surface area contributed by atoms with Crippen molar-refractivity contribution in [3.63, 3.8) is 0 Å². The Bertz CT molecular complexity index is 549. The van der Waals surface area contributed by atoms with E-state index >= 15 is 0 Å². The maximum absolute atomic E-state index is 13.1. The second-order valence-electron chi connectivity index (χ2n) is 5.69. The highest BCUT2D eigenvalue weighted by Gasteiger charge is 2.36. The zero-order valence-electron chi connectivity index (χ0n) is 12.1. The molecule has 0 unspecified atom stereocenters. The summed E-state index contributed by atoms with van der Waals surface area (Å²) in [6, 6.07) is 8.69. The van der Waals surface area contributed by atoms with Crippen LogP contribution >= 0.6 is 11.8 Å². The van der Waals surface area contributed by atoms with Gasteiger partial charge in [0.15, 0.2) is 0 Å². The van der Waals surface area contributed by atoms with Crippen LogP contribution in [0.1, 0.15) is 25.3 Å². The standard InChI is InChI=1S/C16H19FN2OS/c1-12(7-13-3-2-4-14(17)9-13)8-15(20)19-16(10-18)5-6-21-11-16/h2-4,9,12H,5-8,11H2,1H3,(H,19,20)/t12-,16+/m1/s1. The van der Waals surface area contributed by atoms with Crippen LogP contribution in [0.4, 0.5) is 4.39 Å². The molecule has 1 fully saturated rings. The smallest absolute Gasteiger partial charge is 0.221 e. The fourth-order valence-electron chi connectivity index (χ4n) is 2.55. The van der Waals surface area contributed by atoms with Gasteiger partial charge in [0.2, 0.25) is 5.91 Å². The fraction of sp³-hybridized carbons (Fsp3) is 0.500. The normalized spacial score (nSPS) is 22.5. The Balaban J connectivity index is 1.86. The molecule has 21 heavy (non-hydrogen) atoms. The summed E-state index contributed by atoms with van der Waals surface area (Å²) in [6.07, 6.45) is 1.71. The number of carbonyl (C=O) groups is 1. The van der Waals surface area contributed by atoms with Crippen molar-refractivity contribution in [3.05, 3.63) is 35.6 Å². The molecule has 1 heterocycles. The largest absolute Gasteiger partial charge is 0.337 e. The van der Waals surface area contributed by atoms with Gasteiger partial charge in [0, 0.05) is 12.2 Å². The Kier molecular flexibility index (Phi) is 5.24. The number of hydrogen-bond acceptors (Lipinski definition) is 3. The summed E-state index contributed by atoms with van der Waals surface area (Å²) >= 11 is 1.69. The fourth-order valence-corrected chi connectivity index (χ4v) is 3.82. The Morgan fingerprint density at radius 1 is 1.62 bits per heavy atom. The van der Waals surface area contributed by atoms with Gasteiger partial charge in [-0.05, 0) is 42.2 Å². The summed E-state index contributed by atoms with van der Waals surface area (Å²) in [4.78, 5) is 12.1. The Morgan fingerprint density at radius 3 is 3.05 bits per heavy atom. The van der Waals surface area contributed by atoms with Crippen LogP contribution < -0.4 is 5.32 Å². The molecule has 1 aromatic carbocycles. The molecule has 0 aromatic heterocycles. The van der Waals surface area contributed by atoms with Crippen molar-refractivity contribution < 1.29 is 9.18 Å². The predicted octanol–water partition coefficient (Wildman–Crippen LogP) is 2.91. The van der Waals surface area contributed by atoms with Crippen molar-refractivity contribution in [1.29, 1.82) is 5.26 Å². The minimum atomic E-state index is -0.694. The van der Waals surface area contributed by atoms with Crippen LogP contribution in [-0.2, 0) is 11.2 Å². The van der Waals surface area contributed by atoms with Crippen molar-refractivity contribution in [3.8, 4) is 6.07 Å². The van der Waals surface area contributed by atoms with Gasteiger partial charge < -0.3 is 5.32 Å². The maximum Gasteiger partial charge on any atom is 0.221 e. The number of rotatable bonds is 5. The van der Waals surface area contributed by atoms with Crippen molar-refractivity contribution in [2.24, 2.45) is 5.92 Å². The van der Waals surface area contributed by atoms with Gasteiger partial charge in [0.05, 0.1) is 6.07 Å². The average molecular weight is 306 g/mol. The van der Waals surface area contributed by atoms with Gasteiger partial charge in [-0.3, -0.25) is 4.79 Å². The van der Waals surface area contributed by atoms with Crippen molar-refractivity contribution in [1.82, 2.24) is 5.32 Å². The number of nitrogens with zero attached hydrogens (tertiary/aromatic N) is 1. The lowest BCUT2D eigenvalue weighted by atomic mass is 9.96. The van der Waals surface area contributed by atoms with E-state index in [0.29, 0.717) is 25.0 Å². The lowest BCUT2D eigenvalue weighted by molar-refractivity contribution is -0.123. The number of carbonyl (C=O) groups excluding carboxylic acids is 1. The zero-order valence-corrected chi connectivity index (χ0v) is 12.9. The summed E-state index contributed by atoms with van der Waals surface area (Å²) in [6.45, 7) is 1.97. The molecule has 0 aliphatic carbocycles. The maximum atomic E-state index is 13.1. The Hall–Kier alpha value is -1.54. The molecule has 1 aliphatic heterocycles. The van der Waals surface area contributed by atoms with Crippen molar-refractivity contribution in [2.45, 2.75) is 31.7 Å². The molecule has 2 atom stereocenters. The molecule has 5 heteroatoms. The SMILES string of the molecule is C[C@@H](CC(=O)N[C@]1(C#N)CCSC1)Cc1cccc(F)c1. The summed E-state index contributed by atoms with van der Waals surface area (Å²) in [5.74, 6) is 1.33. The molecule has 112 valence electrons. The van der Waals surface area contributed by atoms with Crippen LogP contribution in [0, 0.1) is 23.1 Å². The van der Waals surface area contributed by atoms with Gasteiger partial charge in [-0.15, -0.1) is 0 Å². The summed E-state index contributed by atoms with van der Waals surface area (Å²) in [5.41, 5.74) is 0.196. The number of nitrogens with one attached hydrogen (secondary N) is 1. The lowest BCUT2D eigenvalue weighted by Gasteiger charge is -2.22. The summed E-state index contributed by atoms with van der Waals surface area (Å²) < 4.78 is 13.1. The third kappa shape index (κ3) is 4.47. The molecular weight excluding hydrogens is 287 g/mol.